The third kappa shape index (κ3) is 4.62. The first-order chi connectivity index (χ1) is 10.6. The number of Topliss-reactive ketones (excluding diaryl/α,β-unsaturated/α-hetero) is 1. The van der Waals surface area contributed by atoms with Gasteiger partial charge < -0.3 is 0 Å². The van der Waals surface area contributed by atoms with Gasteiger partial charge in [0.25, 0.3) is 0 Å². The quantitative estimate of drug-likeness (QED) is 0.447. The van der Waals surface area contributed by atoms with E-state index in [0.717, 1.165) is 5.92 Å². The molecule has 2 rings (SSSR count). The lowest BCUT2D eigenvalue weighted by Crippen LogP contribution is -2.14. The summed E-state index contributed by atoms with van der Waals surface area (Å²) in [4.78, 5) is 11.3. The van der Waals surface area contributed by atoms with Crippen LogP contribution >= 0.6 is 0 Å². The van der Waals surface area contributed by atoms with E-state index in [1.165, 1.54) is 56.9 Å². The van der Waals surface area contributed by atoms with Crippen molar-refractivity contribution in [1.29, 1.82) is 0 Å². The monoisotopic (exact) mass is 308 g/mol. The maximum atomic E-state index is 12.4. The lowest BCUT2D eigenvalue weighted by atomic mass is 9.77. The van der Waals surface area contributed by atoms with E-state index in [-0.39, 0.29) is 5.56 Å². The average Bonchev–Trinajstić information content (AvgIpc) is 2.55. The number of unbranched alkanes of at least 4 members (excludes halogenated alkanes) is 2. The van der Waals surface area contributed by atoms with E-state index in [1.54, 1.807) is 12.1 Å². The third-order valence-electron chi connectivity index (χ3n) is 4.93. The van der Waals surface area contributed by atoms with Gasteiger partial charge in [0.05, 0.1) is 0 Å². The van der Waals surface area contributed by atoms with Gasteiger partial charge in [-0.3, -0.25) is 4.79 Å². The normalized spacial score (nSPS) is 22.0. The standard InChI is InChI=1S/C19H26F2O/c1-2-3-4-5-14-6-8-15(9-7-14)16-10-12-17(13-11-16)18(22)19(20)21/h10-15,19H,2-9H2,1H3. The van der Waals surface area contributed by atoms with Crippen LogP contribution in [0.3, 0.4) is 0 Å². The molecule has 1 aromatic rings. The minimum absolute atomic E-state index is 0.118. The Morgan fingerprint density at radius 2 is 1.73 bits per heavy atom. The molecule has 0 aromatic heterocycles. The van der Waals surface area contributed by atoms with Crippen LogP contribution in [0.5, 0.6) is 0 Å². The first-order valence-corrected chi connectivity index (χ1v) is 8.54. The van der Waals surface area contributed by atoms with Crippen LogP contribution in [0.4, 0.5) is 8.78 Å². The largest absolute Gasteiger partial charge is 0.300 e. The lowest BCUT2D eigenvalue weighted by molar-refractivity contribution is 0.0678. The second-order valence-corrected chi connectivity index (χ2v) is 6.50. The molecule has 1 fully saturated rings. The predicted octanol–water partition coefficient (Wildman–Crippen LogP) is 5.99. The molecule has 0 bridgehead atoms. The minimum atomic E-state index is -2.91. The average molecular weight is 308 g/mol. The van der Waals surface area contributed by atoms with Crippen molar-refractivity contribution in [1.82, 2.24) is 0 Å². The molecule has 3 heteroatoms. The Hall–Kier alpha value is -1.25. The first kappa shape index (κ1) is 17.1. The lowest BCUT2D eigenvalue weighted by Gasteiger charge is -2.29. The van der Waals surface area contributed by atoms with Crippen molar-refractivity contribution in [3.8, 4) is 0 Å². The summed E-state index contributed by atoms with van der Waals surface area (Å²) in [6.07, 6.45) is 7.29. The van der Waals surface area contributed by atoms with E-state index in [2.05, 4.69) is 6.92 Å². The fourth-order valence-electron chi connectivity index (χ4n) is 3.51. The van der Waals surface area contributed by atoms with E-state index in [9.17, 15) is 13.6 Å². The minimum Gasteiger partial charge on any atom is -0.288 e. The summed E-state index contributed by atoms with van der Waals surface area (Å²) in [5, 5.41) is 0. The molecular weight excluding hydrogens is 282 g/mol. The van der Waals surface area contributed by atoms with Crippen LogP contribution in [0.15, 0.2) is 24.3 Å². The molecule has 1 aliphatic rings. The molecule has 1 nitrogen and oxygen atoms in total. The van der Waals surface area contributed by atoms with Crippen molar-refractivity contribution in [2.24, 2.45) is 5.92 Å². The van der Waals surface area contributed by atoms with Gasteiger partial charge in [0.2, 0.25) is 5.78 Å². The van der Waals surface area contributed by atoms with Gasteiger partial charge in [-0.2, -0.15) is 0 Å². The van der Waals surface area contributed by atoms with E-state index in [1.807, 2.05) is 12.1 Å². The first-order valence-electron chi connectivity index (χ1n) is 8.54. The fraction of sp³-hybridized carbons (Fsp3) is 0.632. The second kappa shape index (κ2) is 8.40. The molecule has 0 amide bonds. The third-order valence-corrected chi connectivity index (χ3v) is 4.93. The number of alkyl halides is 2. The number of hydrogen-bond donors (Lipinski definition) is 0. The zero-order valence-corrected chi connectivity index (χ0v) is 13.4. The predicted molar refractivity (Wildman–Crippen MR) is 85.6 cm³/mol. The van der Waals surface area contributed by atoms with Crippen LogP contribution in [-0.2, 0) is 0 Å². The van der Waals surface area contributed by atoms with Crippen LogP contribution in [0.1, 0.15) is 80.1 Å². The van der Waals surface area contributed by atoms with Crippen molar-refractivity contribution in [2.75, 3.05) is 0 Å². The molecule has 0 spiro atoms. The second-order valence-electron chi connectivity index (χ2n) is 6.50. The Kier molecular flexibility index (Phi) is 6.53. The molecule has 0 N–H and O–H groups in total. The Bertz CT molecular complexity index is 459. The van der Waals surface area contributed by atoms with Gasteiger partial charge in [-0.15, -0.1) is 0 Å². The Labute approximate surface area is 132 Å². The number of hydrogen-bond acceptors (Lipinski definition) is 1. The van der Waals surface area contributed by atoms with Gasteiger partial charge in [0.1, 0.15) is 0 Å². The molecule has 0 saturated heterocycles. The molecule has 0 atom stereocenters. The van der Waals surface area contributed by atoms with Crippen LogP contribution in [-0.4, -0.2) is 12.2 Å². The van der Waals surface area contributed by atoms with E-state index < -0.39 is 12.2 Å². The highest BCUT2D eigenvalue weighted by molar-refractivity contribution is 5.98. The Morgan fingerprint density at radius 3 is 2.27 bits per heavy atom. The smallest absolute Gasteiger partial charge is 0.288 e. The summed E-state index contributed by atoms with van der Waals surface area (Å²) >= 11 is 0. The van der Waals surface area contributed by atoms with Gasteiger partial charge in [0.15, 0.2) is 0 Å². The number of rotatable bonds is 7. The van der Waals surface area contributed by atoms with Gasteiger partial charge in [-0.05, 0) is 43.1 Å². The summed E-state index contributed by atoms with van der Waals surface area (Å²) < 4.78 is 24.8. The zero-order chi connectivity index (χ0) is 15.9. The Morgan fingerprint density at radius 1 is 1.09 bits per heavy atom. The topological polar surface area (TPSA) is 17.1 Å². The van der Waals surface area contributed by atoms with Crippen molar-refractivity contribution < 1.29 is 13.6 Å². The van der Waals surface area contributed by atoms with Crippen LogP contribution in [0, 0.1) is 5.92 Å². The van der Waals surface area contributed by atoms with Crippen molar-refractivity contribution in [3.63, 3.8) is 0 Å². The highest BCUT2D eigenvalue weighted by Gasteiger charge is 2.23. The summed E-state index contributed by atoms with van der Waals surface area (Å²) in [6.45, 7) is 2.24. The van der Waals surface area contributed by atoms with Crippen molar-refractivity contribution >= 4 is 5.78 Å². The van der Waals surface area contributed by atoms with Gasteiger partial charge in [-0.1, -0.05) is 56.9 Å². The van der Waals surface area contributed by atoms with Crippen molar-refractivity contribution in [3.05, 3.63) is 35.4 Å². The number of halogens is 2. The number of ketones is 1. The maximum Gasteiger partial charge on any atom is 0.300 e. The number of carbonyl (C=O) groups is 1. The number of carbonyl (C=O) groups excluding carboxylic acids is 1. The highest BCUT2D eigenvalue weighted by Crippen LogP contribution is 2.37. The van der Waals surface area contributed by atoms with Gasteiger partial charge in [-0.25, -0.2) is 8.78 Å². The summed E-state index contributed by atoms with van der Waals surface area (Å²) in [5.41, 5.74) is 1.31. The summed E-state index contributed by atoms with van der Waals surface area (Å²) in [6, 6.07) is 6.82. The summed E-state index contributed by atoms with van der Waals surface area (Å²) in [7, 11) is 0. The highest BCUT2D eigenvalue weighted by atomic mass is 19.3. The van der Waals surface area contributed by atoms with Crippen molar-refractivity contribution in [2.45, 2.75) is 70.6 Å². The SMILES string of the molecule is CCCCCC1CCC(c2ccc(C(=O)C(F)F)cc2)CC1. The molecule has 0 heterocycles. The number of benzene rings is 1. The van der Waals surface area contributed by atoms with Crippen LogP contribution in [0.25, 0.3) is 0 Å². The van der Waals surface area contributed by atoms with Crippen LogP contribution in [0.2, 0.25) is 0 Å². The zero-order valence-electron chi connectivity index (χ0n) is 13.4. The molecule has 22 heavy (non-hydrogen) atoms. The molecule has 1 aromatic carbocycles. The molecule has 1 saturated carbocycles. The Balaban J connectivity index is 1.85. The molecule has 1 aliphatic carbocycles. The fourth-order valence-corrected chi connectivity index (χ4v) is 3.51. The van der Waals surface area contributed by atoms with E-state index in [4.69, 9.17) is 0 Å². The van der Waals surface area contributed by atoms with E-state index >= 15 is 0 Å². The molecule has 0 aliphatic heterocycles. The molecule has 0 radical (unpaired) electrons. The van der Waals surface area contributed by atoms with Gasteiger partial charge in [0, 0.05) is 5.56 Å². The molecule has 0 unspecified atom stereocenters. The van der Waals surface area contributed by atoms with E-state index in [0.29, 0.717) is 5.92 Å². The molecule has 122 valence electrons. The molecular formula is C19H26F2O. The summed E-state index contributed by atoms with van der Waals surface area (Å²) in [5.74, 6) is 0.312. The maximum absolute atomic E-state index is 12.4. The van der Waals surface area contributed by atoms with Gasteiger partial charge >= 0.3 is 6.43 Å². The van der Waals surface area contributed by atoms with Crippen LogP contribution < -0.4 is 0 Å².